The number of rotatable bonds is 7. The van der Waals surface area contributed by atoms with E-state index in [0.717, 1.165) is 4.90 Å². The van der Waals surface area contributed by atoms with Gasteiger partial charge in [-0.05, 0) is 54.1 Å². The van der Waals surface area contributed by atoms with Gasteiger partial charge in [0.2, 0.25) is 0 Å². The third kappa shape index (κ3) is 4.51. The number of amides is 3. The van der Waals surface area contributed by atoms with Gasteiger partial charge in [-0.1, -0.05) is 12.1 Å². The number of carbonyl (C=O) groups is 4. The zero-order valence-electron chi connectivity index (χ0n) is 17.6. The van der Waals surface area contributed by atoms with Crippen molar-refractivity contribution in [2.75, 3.05) is 11.4 Å². The van der Waals surface area contributed by atoms with Crippen molar-refractivity contribution in [1.82, 2.24) is 5.32 Å². The van der Waals surface area contributed by atoms with Crippen molar-refractivity contribution >= 4 is 35.1 Å². The molecule has 10 heteroatoms. The second kappa shape index (κ2) is 9.33. The fourth-order valence-electron chi connectivity index (χ4n) is 3.37. The van der Waals surface area contributed by atoms with Gasteiger partial charge in [0.15, 0.2) is 0 Å². The van der Waals surface area contributed by atoms with E-state index < -0.39 is 28.6 Å². The lowest BCUT2D eigenvalue weighted by Crippen LogP contribution is -2.31. The first-order valence-corrected chi connectivity index (χ1v) is 10.1. The summed E-state index contributed by atoms with van der Waals surface area (Å²) < 4.78 is 5.05. The number of anilines is 1. The summed E-state index contributed by atoms with van der Waals surface area (Å²) in [7, 11) is 0. The Kier molecular flexibility index (Phi) is 6.13. The number of nitrogens with zero attached hydrogens (tertiary/aromatic N) is 2. The Morgan fingerprint density at radius 3 is 2.03 bits per heavy atom. The van der Waals surface area contributed by atoms with Gasteiger partial charge < -0.3 is 10.1 Å². The molecule has 0 fully saturated rings. The van der Waals surface area contributed by atoms with Crippen LogP contribution < -0.4 is 10.2 Å². The van der Waals surface area contributed by atoms with E-state index in [9.17, 15) is 29.3 Å². The minimum atomic E-state index is -0.686. The molecule has 0 unspecified atom stereocenters. The molecule has 10 nitrogen and oxygen atoms in total. The topological polar surface area (TPSA) is 136 Å². The first-order chi connectivity index (χ1) is 16.3. The van der Waals surface area contributed by atoms with Gasteiger partial charge in [0, 0.05) is 17.7 Å². The zero-order chi connectivity index (χ0) is 24.2. The SMILES string of the molecule is O=C(CNC(=O)c1ccc(N2C(=O)c3ccccc3C2=O)cc1)OCc1ccc([N+](=O)[O-])cc1. The molecule has 34 heavy (non-hydrogen) atoms. The van der Waals surface area contributed by atoms with E-state index in [4.69, 9.17) is 4.74 Å². The number of carbonyl (C=O) groups excluding carboxylic acids is 4. The van der Waals surface area contributed by atoms with Gasteiger partial charge in [-0.15, -0.1) is 0 Å². The van der Waals surface area contributed by atoms with E-state index in [1.165, 1.54) is 48.5 Å². The Morgan fingerprint density at radius 2 is 1.47 bits per heavy atom. The molecule has 170 valence electrons. The number of benzene rings is 3. The molecular formula is C24H17N3O7. The summed E-state index contributed by atoms with van der Waals surface area (Å²) in [6.07, 6.45) is 0. The van der Waals surface area contributed by atoms with Crippen LogP contribution in [0.15, 0.2) is 72.8 Å². The monoisotopic (exact) mass is 459 g/mol. The lowest BCUT2D eigenvalue weighted by atomic mass is 10.1. The maximum Gasteiger partial charge on any atom is 0.325 e. The number of hydrogen-bond donors (Lipinski definition) is 1. The molecule has 0 saturated carbocycles. The minimum absolute atomic E-state index is 0.0728. The summed E-state index contributed by atoms with van der Waals surface area (Å²) in [5, 5.41) is 13.1. The van der Waals surface area contributed by atoms with Gasteiger partial charge in [0.1, 0.15) is 13.2 Å². The highest BCUT2D eigenvalue weighted by molar-refractivity contribution is 6.34. The van der Waals surface area contributed by atoms with Crippen molar-refractivity contribution in [3.05, 3.63) is 105 Å². The molecule has 0 aromatic heterocycles. The van der Waals surface area contributed by atoms with Crippen LogP contribution in [0.5, 0.6) is 0 Å². The Labute approximate surface area is 192 Å². The Balaban J connectivity index is 1.30. The third-order valence-electron chi connectivity index (χ3n) is 5.12. The molecule has 1 N–H and O–H groups in total. The largest absolute Gasteiger partial charge is 0.460 e. The highest BCUT2D eigenvalue weighted by atomic mass is 16.6. The molecule has 0 saturated heterocycles. The number of fused-ring (bicyclic) bond motifs is 1. The molecule has 1 aliphatic rings. The molecule has 4 rings (SSSR count). The van der Waals surface area contributed by atoms with Crippen LogP contribution in [0.2, 0.25) is 0 Å². The molecule has 3 aromatic carbocycles. The highest BCUT2D eigenvalue weighted by Crippen LogP contribution is 2.28. The van der Waals surface area contributed by atoms with Crippen LogP contribution in [0.1, 0.15) is 36.6 Å². The quantitative estimate of drug-likeness (QED) is 0.248. The second-order valence-electron chi connectivity index (χ2n) is 7.31. The maximum atomic E-state index is 12.6. The van der Waals surface area contributed by atoms with Crippen molar-refractivity contribution in [3.63, 3.8) is 0 Å². The summed E-state index contributed by atoms with van der Waals surface area (Å²) in [5.41, 5.74) is 1.68. The first-order valence-electron chi connectivity index (χ1n) is 10.1. The van der Waals surface area contributed by atoms with Crippen molar-refractivity contribution in [2.45, 2.75) is 6.61 Å². The van der Waals surface area contributed by atoms with Crippen molar-refractivity contribution < 1.29 is 28.8 Å². The van der Waals surface area contributed by atoms with Gasteiger partial charge in [-0.2, -0.15) is 0 Å². The van der Waals surface area contributed by atoms with Gasteiger partial charge in [0.05, 0.1) is 21.7 Å². The van der Waals surface area contributed by atoms with Gasteiger partial charge in [-0.25, -0.2) is 4.90 Å². The van der Waals surface area contributed by atoms with Crippen LogP contribution in [0.25, 0.3) is 0 Å². The number of nitro benzene ring substituents is 1. The van der Waals surface area contributed by atoms with E-state index in [1.807, 2.05) is 0 Å². The summed E-state index contributed by atoms with van der Waals surface area (Å²) in [5.74, 6) is -2.10. The van der Waals surface area contributed by atoms with Crippen LogP contribution in [-0.2, 0) is 16.1 Å². The second-order valence-corrected chi connectivity index (χ2v) is 7.31. The van der Waals surface area contributed by atoms with E-state index in [0.29, 0.717) is 22.4 Å². The molecule has 1 aliphatic heterocycles. The van der Waals surface area contributed by atoms with Crippen molar-refractivity contribution in [3.8, 4) is 0 Å². The van der Waals surface area contributed by atoms with Gasteiger partial charge in [-0.3, -0.25) is 29.3 Å². The predicted molar refractivity (Wildman–Crippen MR) is 119 cm³/mol. The van der Waals surface area contributed by atoms with E-state index in [2.05, 4.69) is 5.32 Å². The van der Waals surface area contributed by atoms with Gasteiger partial charge >= 0.3 is 5.97 Å². The molecule has 0 spiro atoms. The third-order valence-corrected chi connectivity index (χ3v) is 5.12. The van der Waals surface area contributed by atoms with Crippen molar-refractivity contribution in [1.29, 1.82) is 0 Å². The first kappa shape index (κ1) is 22.3. The lowest BCUT2D eigenvalue weighted by molar-refractivity contribution is -0.384. The number of non-ortho nitro benzene ring substituents is 1. The zero-order valence-corrected chi connectivity index (χ0v) is 17.6. The summed E-state index contributed by atoms with van der Waals surface area (Å²) >= 11 is 0. The smallest absolute Gasteiger partial charge is 0.325 e. The average Bonchev–Trinajstić information content (AvgIpc) is 3.11. The summed E-state index contributed by atoms with van der Waals surface area (Å²) in [6, 6.07) is 17.9. The average molecular weight is 459 g/mol. The van der Waals surface area contributed by atoms with Crippen LogP contribution in [0.3, 0.4) is 0 Å². The fourth-order valence-corrected chi connectivity index (χ4v) is 3.37. The summed E-state index contributed by atoms with van der Waals surface area (Å²) in [6.45, 7) is -0.479. The number of hydrogen-bond acceptors (Lipinski definition) is 7. The predicted octanol–water partition coefficient (Wildman–Crippen LogP) is 2.87. The molecule has 3 amide bonds. The van der Waals surface area contributed by atoms with Crippen molar-refractivity contribution in [2.24, 2.45) is 0 Å². The Morgan fingerprint density at radius 1 is 0.882 bits per heavy atom. The molecule has 0 radical (unpaired) electrons. The van der Waals surface area contributed by atoms with Crippen LogP contribution >= 0.6 is 0 Å². The standard InChI is InChI=1S/C24H17N3O7/c28-21(34-14-15-5-9-18(10-6-15)27(32)33)13-25-22(29)16-7-11-17(12-8-16)26-23(30)19-3-1-2-4-20(19)24(26)31/h1-12H,13-14H2,(H,25,29). The molecule has 3 aromatic rings. The Hall–Kier alpha value is -4.86. The number of ether oxygens (including phenoxy) is 1. The van der Waals surface area contributed by atoms with Crippen LogP contribution in [0, 0.1) is 10.1 Å². The van der Waals surface area contributed by atoms with E-state index in [-0.39, 0.29) is 24.4 Å². The van der Waals surface area contributed by atoms with Crippen LogP contribution in [-0.4, -0.2) is 35.2 Å². The lowest BCUT2D eigenvalue weighted by Gasteiger charge is -2.14. The number of nitro groups is 1. The Bertz CT molecular complexity index is 1270. The number of esters is 1. The summed E-state index contributed by atoms with van der Waals surface area (Å²) in [4.78, 5) is 60.5. The van der Waals surface area contributed by atoms with Crippen LogP contribution in [0.4, 0.5) is 11.4 Å². The molecule has 0 aliphatic carbocycles. The fraction of sp³-hybridized carbons (Fsp3) is 0.0833. The van der Waals surface area contributed by atoms with E-state index in [1.54, 1.807) is 24.3 Å². The van der Waals surface area contributed by atoms with Gasteiger partial charge in [0.25, 0.3) is 23.4 Å². The molecule has 0 atom stereocenters. The maximum absolute atomic E-state index is 12.6. The molecule has 1 heterocycles. The molecule has 0 bridgehead atoms. The highest BCUT2D eigenvalue weighted by Gasteiger charge is 2.36. The minimum Gasteiger partial charge on any atom is -0.460 e. The number of nitrogens with one attached hydrogen (secondary N) is 1. The van der Waals surface area contributed by atoms with E-state index >= 15 is 0 Å². The molecular weight excluding hydrogens is 442 g/mol. The normalized spacial score (nSPS) is 12.3. The number of imide groups is 1.